The summed E-state index contributed by atoms with van der Waals surface area (Å²) < 4.78 is 5.18. The van der Waals surface area contributed by atoms with Gasteiger partial charge in [-0.1, -0.05) is 18.1 Å². The van der Waals surface area contributed by atoms with E-state index >= 15 is 0 Å². The fraction of sp³-hybridized carbons (Fsp3) is 0.385. The van der Waals surface area contributed by atoms with Crippen LogP contribution < -0.4 is 15.8 Å². The molecule has 0 spiro atoms. The highest BCUT2D eigenvalue weighted by molar-refractivity contribution is 6.08. The standard InChI is InChI=1S/C13H19N3O3/c1-4-9(12(14)16-18)13(17)15-10-7-8(2)5-6-11(10)19-3/h5-7,9,18H,4H2,1-3H3,(H2,14,16)(H,15,17). The smallest absolute Gasteiger partial charge is 0.235 e. The molecule has 0 aliphatic heterocycles. The molecular formula is C13H19N3O3. The van der Waals surface area contributed by atoms with Gasteiger partial charge in [-0.3, -0.25) is 4.79 Å². The molecule has 1 rings (SSSR count). The lowest BCUT2D eigenvalue weighted by molar-refractivity contribution is -0.118. The number of amides is 1. The number of nitrogens with two attached hydrogens (primary N) is 1. The topological polar surface area (TPSA) is 96.9 Å². The highest BCUT2D eigenvalue weighted by atomic mass is 16.5. The Kier molecular flexibility index (Phi) is 5.17. The van der Waals surface area contributed by atoms with Gasteiger partial charge in [0.25, 0.3) is 0 Å². The Morgan fingerprint density at radius 2 is 2.26 bits per heavy atom. The second-order valence-corrected chi connectivity index (χ2v) is 4.18. The monoisotopic (exact) mass is 265 g/mol. The Morgan fingerprint density at radius 3 is 2.79 bits per heavy atom. The van der Waals surface area contributed by atoms with Gasteiger partial charge in [-0.15, -0.1) is 0 Å². The summed E-state index contributed by atoms with van der Waals surface area (Å²) in [4.78, 5) is 12.1. The Hall–Kier alpha value is -2.24. The van der Waals surface area contributed by atoms with E-state index in [4.69, 9.17) is 15.7 Å². The van der Waals surface area contributed by atoms with Crippen molar-refractivity contribution in [2.45, 2.75) is 20.3 Å². The van der Waals surface area contributed by atoms with Crippen LogP contribution in [0.4, 0.5) is 5.69 Å². The predicted octanol–water partition coefficient (Wildman–Crippen LogP) is 1.71. The van der Waals surface area contributed by atoms with Crippen molar-refractivity contribution in [2.75, 3.05) is 12.4 Å². The molecule has 0 radical (unpaired) electrons. The highest BCUT2D eigenvalue weighted by Gasteiger charge is 2.22. The molecule has 1 unspecified atom stereocenters. The molecule has 6 nitrogen and oxygen atoms in total. The molecule has 1 amide bonds. The lowest BCUT2D eigenvalue weighted by atomic mass is 10.0. The molecule has 104 valence electrons. The molecule has 0 aliphatic rings. The zero-order valence-corrected chi connectivity index (χ0v) is 11.3. The van der Waals surface area contributed by atoms with Gasteiger partial charge in [0.05, 0.1) is 18.7 Å². The molecule has 0 bridgehead atoms. The summed E-state index contributed by atoms with van der Waals surface area (Å²) in [6.45, 7) is 3.70. The molecular weight excluding hydrogens is 246 g/mol. The molecule has 0 aliphatic carbocycles. The van der Waals surface area contributed by atoms with Crippen LogP contribution in [0.5, 0.6) is 5.75 Å². The van der Waals surface area contributed by atoms with E-state index in [2.05, 4.69) is 10.5 Å². The van der Waals surface area contributed by atoms with Gasteiger partial charge in [-0.2, -0.15) is 0 Å². The number of aryl methyl sites for hydroxylation is 1. The largest absolute Gasteiger partial charge is 0.495 e. The van der Waals surface area contributed by atoms with E-state index in [1.54, 1.807) is 19.1 Å². The van der Waals surface area contributed by atoms with Crippen molar-refractivity contribution >= 4 is 17.4 Å². The number of anilines is 1. The summed E-state index contributed by atoms with van der Waals surface area (Å²) in [5, 5.41) is 14.3. The van der Waals surface area contributed by atoms with Gasteiger partial charge in [0.1, 0.15) is 5.75 Å². The second-order valence-electron chi connectivity index (χ2n) is 4.18. The first-order chi connectivity index (χ1) is 9.03. The lowest BCUT2D eigenvalue weighted by Gasteiger charge is -2.15. The van der Waals surface area contributed by atoms with Crippen molar-refractivity contribution in [3.63, 3.8) is 0 Å². The molecule has 1 atom stereocenters. The van der Waals surface area contributed by atoms with E-state index in [1.165, 1.54) is 7.11 Å². The van der Waals surface area contributed by atoms with E-state index < -0.39 is 5.92 Å². The zero-order chi connectivity index (χ0) is 14.4. The number of hydrogen-bond acceptors (Lipinski definition) is 4. The van der Waals surface area contributed by atoms with Crippen molar-refractivity contribution in [2.24, 2.45) is 16.8 Å². The number of nitrogens with one attached hydrogen (secondary N) is 1. The van der Waals surface area contributed by atoms with E-state index in [0.717, 1.165) is 5.56 Å². The third kappa shape index (κ3) is 3.61. The van der Waals surface area contributed by atoms with Crippen LogP contribution in [0.2, 0.25) is 0 Å². The van der Waals surface area contributed by atoms with Crippen molar-refractivity contribution in [1.29, 1.82) is 0 Å². The summed E-state index contributed by atoms with van der Waals surface area (Å²) in [5.41, 5.74) is 7.05. The molecule has 19 heavy (non-hydrogen) atoms. The van der Waals surface area contributed by atoms with Crippen LogP contribution in [-0.4, -0.2) is 24.1 Å². The van der Waals surface area contributed by atoms with E-state index in [9.17, 15) is 4.79 Å². The molecule has 0 saturated carbocycles. The number of benzene rings is 1. The Bertz CT molecular complexity index is 486. The Balaban J connectivity index is 2.95. The number of ether oxygens (including phenoxy) is 1. The van der Waals surface area contributed by atoms with Crippen molar-refractivity contribution in [3.8, 4) is 5.75 Å². The van der Waals surface area contributed by atoms with Crippen LogP contribution >= 0.6 is 0 Å². The van der Waals surface area contributed by atoms with Crippen LogP contribution in [0.1, 0.15) is 18.9 Å². The summed E-state index contributed by atoms with van der Waals surface area (Å²) in [6.07, 6.45) is 0.440. The minimum Gasteiger partial charge on any atom is -0.495 e. The van der Waals surface area contributed by atoms with Crippen LogP contribution in [0, 0.1) is 12.8 Å². The quantitative estimate of drug-likeness (QED) is 0.327. The average molecular weight is 265 g/mol. The van der Waals surface area contributed by atoms with Gasteiger partial charge >= 0.3 is 0 Å². The zero-order valence-electron chi connectivity index (χ0n) is 11.3. The predicted molar refractivity (Wildman–Crippen MR) is 73.6 cm³/mol. The fourth-order valence-electron chi connectivity index (χ4n) is 1.74. The molecule has 6 heteroatoms. The van der Waals surface area contributed by atoms with Crippen molar-refractivity contribution in [1.82, 2.24) is 0 Å². The van der Waals surface area contributed by atoms with Gasteiger partial charge in [0.15, 0.2) is 5.84 Å². The maximum atomic E-state index is 12.1. The minimum atomic E-state index is -0.671. The molecule has 0 aromatic heterocycles. The Labute approximate surface area is 112 Å². The first-order valence-corrected chi connectivity index (χ1v) is 5.96. The highest BCUT2D eigenvalue weighted by Crippen LogP contribution is 2.25. The van der Waals surface area contributed by atoms with E-state index in [0.29, 0.717) is 17.9 Å². The average Bonchev–Trinajstić information content (AvgIpc) is 2.39. The maximum absolute atomic E-state index is 12.1. The van der Waals surface area contributed by atoms with Gasteiger partial charge in [-0.05, 0) is 31.0 Å². The van der Waals surface area contributed by atoms with Gasteiger partial charge < -0.3 is 21.0 Å². The van der Waals surface area contributed by atoms with Crippen molar-refractivity contribution < 1.29 is 14.7 Å². The Morgan fingerprint density at radius 1 is 1.58 bits per heavy atom. The summed E-state index contributed by atoms with van der Waals surface area (Å²) in [6, 6.07) is 5.46. The number of nitrogens with zero attached hydrogens (tertiary/aromatic N) is 1. The van der Waals surface area contributed by atoms with Crippen LogP contribution in [0.15, 0.2) is 23.4 Å². The molecule has 4 N–H and O–H groups in total. The summed E-state index contributed by atoms with van der Waals surface area (Å²) in [7, 11) is 1.53. The van der Waals surface area contributed by atoms with Gasteiger partial charge in [0.2, 0.25) is 5.91 Å². The maximum Gasteiger partial charge on any atom is 0.235 e. The number of amidine groups is 1. The molecule has 0 saturated heterocycles. The number of carbonyl (C=O) groups is 1. The molecule has 0 heterocycles. The molecule has 1 aromatic carbocycles. The first kappa shape index (κ1) is 14.8. The normalized spacial score (nSPS) is 12.9. The minimum absolute atomic E-state index is 0.105. The van der Waals surface area contributed by atoms with E-state index in [1.807, 2.05) is 13.0 Å². The first-order valence-electron chi connectivity index (χ1n) is 5.96. The molecule has 1 aromatic rings. The number of hydrogen-bond donors (Lipinski definition) is 3. The second kappa shape index (κ2) is 6.63. The summed E-state index contributed by atoms with van der Waals surface area (Å²) >= 11 is 0. The number of rotatable bonds is 5. The summed E-state index contributed by atoms with van der Waals surface area (Å²) in [5.74, 6) is -0.545. The number of carbonyl (C=O) groups excluding carboxylic acids is 1. The lowest BCUT2D eigenvalue weighted by Crippen LogP contribution is -2.34. The molecule has 0 fully saturated rings. The number of oxime groups is 1. The SMILES string of the molecule is CCC(C(=O)Nc1cc(C)ccc1OC)C(N)=NO. The van der Waals surface area contributed by atoms with Crippen LogP contribution in [0.3, 0.4) is 0 Å². The fourth-order valence-corrected chi connectivity index (χ4v) is 1.74. The third-order valence-electron chi connectivity index (χ3n) is 2.81. The van der Waals surface area contributed by atoms with Gasteiger partial charge in [-0.25, -0.2) is 0 Å². The van der Waals surface area contributed by atoms with E-state index in [-0.39, 0.29) is 11.7 Å². The number of methoxy groups -OCH3 is 1. The third-order valence-corrected chi connectivity index (χ3v) is 2.81. The van der Waals surface area contributed by atoms with Crippen molar-refractivity contribution in [3.05, 3.63) is 23.8 Å². The van der Waals surface area contributed by atoms with Gasteiger partial charge in [0, 0.05) is 0 Å². The van der Waals surface area contributed by atoms with Crippen LogP contribution in [-0.2, 0) is 4.79 Å². The van der Waals surface area contributed by atoms with Crippen LogP contribution in [0.25, 0.3) is 0 Å².